The zero-order valence-electron chi connectivity index (χ0n) is 32.4. The number of benzene rings is 11. The van der Waals surface area contributed by atoms with Crippen molar-refractivity contribution in [3.8, 4) is 89.8 Å². The lowest BCUT2D eigenvalue weighted by Crippen LogP contribution is -1.97. The van der Waals surface area contributed by atoms with E-state index in [4.69, 9.17) is 9.47 Å². The largest absolute Gasteiger partial charge is 0.456 e. The fourth-order valence-electron chi connectivity index (χ4n) is 9.91. The van der Waals surface area contributed by atoms with Crippen molar-refractivity contribution in [3.63, 3.8) is 0 Å². The summed E-state index contributed by atoms with van der Waals surface area (Å²) in [4.78, 5) is 0. The Bertz CT molecular complexity index is 3330. The molecule has 2 nitrogen and oxygen atoms in total. The fourth-order valence-corrected chi connectivity index (χ4v) is 9.91. The van der Waals surface area contributed by atoms with Gasteiger partial charge in [0.2, 0.25) is 0 Å². The molecule has 2 heterocycles. The Labute approximate surface area is 347 Å². The van der Waals surface area contributed by atoms with E-state index < -0.39 is 0 Å². The van der Waals surface area contributed by atoms with Gasteiger partial charge in [0.05, 0.1) is 0 Å². The Morgan fingerprint density at radius 1 is 0.233 bits per heavy atom. The molecule has 2 aliphatic heterocycles. The first-order valence-corrected chi connectivity index (χ1v) is 20.6. The minimum Gasteiger partial charge on any atom is -0.456 e. The van der Waals surface area contributed by atoms with Crippen molar-refractivity contribution in [2.24, 2.45) is 0 Å². The normalized spacial score (nSPS) is 12.3. The summed E-state index contributed by atoms with van der Waals surface area (Å²) in [6.45, 7) is 0. The first-order chi connectivity index (χ1) is 29.7. The van der Waals surface area contributed by atoms with Crippen LogP contribution in [0.1, 0.15) is 0 Å². The highest BCUT2D eigenvalue weighted by molar-refractivity contribution is 6.22. The van der Waals surface area contributed by atoms with Gasteiger partial charge in [-0.1, -0.05) is 158 Å². The van der Waals surface area contributed by atoms with Crippen LogP contribution in [0.15, 0.2) is 206 Å². The number of ether oxygens (including phenoxy) is 2. The van der Waals surface area contributed by atoms with Crippen molar-refractivity contribution >= 4 is 43.1 Å². The van der Waals surface area contributed by atoms with Crippen molar-refractivity contribution in [2.75, 3.05) is 0 Å². The summed E-state index contributed by atoms with van der Waals surface area (Å²) in [6, 6.07) is 74.6. The van der Waals surface area contributed by atoms with E-state index in [9.17, 15) is 0 Å². The fraction of sp³-hybridized carbons (Fsp3) is 0. The molecule has 13 rings (SSSR count). The second kappa shape index (κ2) is 12.8. The molecule has 0 saturated carbocycles. The highest BCUT2D eigenvalue weighted by atomic mass is 16.5. The van der Waals surface area contributed by atoms with E-state index in [1.54, 1.807) is 0 Å². The lowest BCUT2D eigenvalue weighted by Gasteiger charge is -2.23. The molecule has 2 aliphatic rings. The van der Waals surface area contributed by atoms with E-state index in [2.05, 4.69) is 206 Å². The third kappa shape index (κ3) is 4.95. The topological polar surface area (TPSA) is 18.5 Å². The van der Waals surface area contributed by atoms with Crippen molar-refractivity contribution in [1.82, 2.24) is 0 Å². The Kier molecular flexibility index (Phi) is 7.05. The Morgan fingerprint density at radius 2 is 0.633 bits per heavy atom. The maximum absolute atomic E-state index is 6.63. The van der Waals surface area contributed by atoms with Crippen LogP contribution in [0.25, 0.3) is 110 Å². The zero-order chi connectivity index (χ0) is 39.3. The predicted molar refractivity (Wildman–Crippen MR) is 249 cm³/mol. The zero-order valence-corrected chi connectivity index (χ0v) is 32.4. The molecular weight excluding hydrogens is 729 g/mol. The minimum atomic E-state index is 0.881. The smallest absolute Gasteiger partial charge is 0.135 e. The molecular formula is C58H34O2. The van der Waals surface area contributed by atoms with Crippen LogP contribution in [0, 0.1) is 0 Å². The van der Waals surface area contributed by atoms with Gasteiger partial charge in [0, 0.05) is 21.9 Å². The molecule has 0 bridgehead atoms. The van der Waals surface area contributed by atoms with Gasteiger partial charge in [0.25, 0.3) is 0 Å². The van der Waals surface area contributed by atoms with Gasteiger partial charge >= 0.3 is 0 Å². The van der Waals surface area contributed by atoms with Gasteiger partial charge in [-0.05, 0) is 136 Å². The lowest BCUT2D eigenvalue weighted by molar-refractivity contribution is 0.487. The quantitative estimate of drug-likeness (QED) is 0.166. The van der Waals surface area contributed by atoms with Crippen molar-refractivity contribution in [2.45, 2.75) is 0 Å². The Morgan fingerprint density at radius 3 is 1.08 bits per heavy atom. The van der Waals surface area contributed by atoms with Gasteiger partial charge in [0.15, 0.2) is 0 Å². The van der Waals surface area contributed by atoms with Crippen LogP contribution in [-0.2, 0) is 0 Å². The SMILES string of the molecule is c1ccc(-c2c3ccc(-c4ccc5c(c4)Oc4cccc6cccc-5c46)cc3c(-c3ccccc3)c3ccc(-c4ccc5c(c4)Oc4cccc6cccc-5c46)cc23)cc1. The standard InChI is InChI=1S/C58H34O2/c1-3-11-35(12-4-1)55-47-29-25-40(42-24-28-44-46-20-8-16-38-18-10-22-52(58(38)46)60-54(44)34-42)32-50(47)56(36-13-5-2-6-14-36)48-30-26-39(31-49(48)55)41-23-27-43-45-19-7-15-37-17-9-21-51(57(37)45)59-53(43)33-41/h1-34H. The summed E-state index contributed by atoms with van der Waals surface area (Å²) in [5.74, 6) is 3.57. The molecule has 11 aromatic rings. The first-order valence-electron chi connectivity index (χ1n) is 20.6. The van der Waals surface area contributed by atoms with Gasteiger partial charge in [-0.2, -0.15) is 0 Å². The van der Waals surface area contributed by atoms with Crippen LogP contribution < -0.4 is 9.47 Å². The van der Waals surface area contributed by atoms with E-state index in [0.29, 0.717) is 0 Å². The summed E-state index contributed by atoms with van der Waals surface area (Å²) in [7, 11) is 0. The van der Waals surface area contributed by atoms with Crippen LogP contribution in [0.2, 0.25) is 0 Å². The first kappa shape index (κ1) is 33.1. The van der Waals surface area contributed by atoms with Crippen LogP contribution in [0.4, 0.5) is 0 Å². The van der Waals surface area contributed by atoms with E-state index >= 15 is 0 Å². The predicted octanol–water partition coefficient (Wildman–Crippen LogP) is 16.5. The van der Waals surface area contributed by atoms with Gasteiger partial charge in [-0.25, -0.2) is 0 Å². The third-order valence-electron chi connectivity index (χ3n) is 12.6. The molecule has 0 amide bonds. The van der Waals surface area contributed by atoms with E-state index in [1.165, 1.54) is 76.5 Å². The van der Waals surface area contributed by atoms with Gasteiger partial charge in [-0.3, -0.25) is 0 Å². The molecule has 2 heteroatoms. The molecule has 0 saturated heterocycles. The summed E-state index contributed by atoms with van der Waals surface area (Å²) >= 11 is 0. The second-order valence-electron chi connectivity index (χ2n) is 15.9. The molecule has 0 atom stereocenters. The van der Waals surface area contributed by atoms with Crippen molar-refractivity contribution in [3.05, 3.63) is 206 Å². The molecule has 0 aromatic heterocycles. The van der Waals surface area contributed by atoms with Crippen molar-refractivity contribution in [1.29, 1.82) is 0 Å². The van der Waals surface area contributed by atoms with Gasteiger partial charge in [-0.15, -0.1) is 0 Å². The number of hydrogen-bond acceptors (Lipinski definition) is 2. The Balaban J connectivity index is 1.01. The molecule has 278 valence electrons. The molecule has 60 heavy (non-hydrogen) atoms. The number of fused-ring (bicyclic) bond motifs is 6. The average Bonchev–Trinajstić information content (AvgIpc) is 3.31. The molecule has 11 aromatic carbocycles. The lowest BCUT2D eigenvalue weighted by atomic mass is 9.83. The monoisotopic (exact) mass is 762 g/mol. The second-order valence-corrected chi connectivity index (χ2v) is 15.9. The summed E-state index contributed by atoms with van der Waals surface area (Å²) < 4.78 is 13.3. The number of hydrogen-bond donors (Lipinski definition) is 0. The van der Waals surface area contributed by atoms with Gasteiger partial charge in [0.1, 0.15) is 23.0 Å². The molecule has 0 aliphatic carbocycles. The van der Waals surface area contributed by atoms with Gasteiger partial charge < -0.3 is 9.47 Å². The summed E-state index contributed by atoms with van der Waals surface area (Å²) in [5.41, 5.74) is 14.0. The third-order valence-corrected chi connectivity index (χ3v) is 12.6. The van der Waals surface area contributed by atoms with Crippen molar-refractivity contribution < 1.29 is 9.47 Å². The highest BCUT2D eigenvalue weighted by Gasteiger charge is 2.24. The van der Waals surface area contributed by atoms with Crippen LogP contribution in [-0.4, -0.2) is 0 Å². The summed E-state index contributed by atoms with van der Waals surface area (Å²) in [5, 5.41) is 9.57. The Hall–Kier alpha value is -7.94. The van der Waals surface area contributed by atoms with E-state index in [-0.39, 0.29) is 0 Å². The molecule has 0 N–H and O–H groups in total. The molecule has 0 radical (unpaired) electrons. The summed E-state index contributed by atoms with van der Waals surface area (Å²) in [6.07, 6.45) is 0. The molecule has 0 spiro atoms. The van der Waals surface area contributed by atoms with E-state index in [0.717, 1.165) is 56.4 Å². The average molecular weight is 763 g/mol. The van der Waals surface area contributed by atoms with Crippen LogP contribution in [0.5, 0.6) is 23.0 Å². The van der Waals surface area contributed by atoms with Crippen LogP contribution >= 0.6 is 0 Å². The van der Waals surface area contributed by atoms with Crippen LogP contribution in [0.3, 0.4) is 0 Å². The number of rotatable bonds is 4. The minimum absolute atomic E-state index is 0.881. The highest BCUT2D eigenvalue weighted by Crippen LogP contribution is 2.51. The maximum Gasteiger partial charge on any atom is 0.135 e. The maximum atomic E-state index is 6.63. The molecule has 0 fully saturated rings. The molecule has 0 unspecified atom stereocenters. The van der Waals surface area contributed by atoms with E-state index in [1.807, 2.05) is 0 Å².